The number of carbonyl (C=O) groups excluding carboxylic acids is 1. The van der Waals surface area contributed by atoms with Crippen LogP contribution in [0.25, 0.3) is 0 Å². The van der Waals surface area contributed by atoms with Gasteiger partial charge in [-0.3, -0.25) is 4.79 Å². The summed E-state index contributed by atoms with van der Waals surface area (Å²) in [6.07, 6.45) is 1.65. The average Bonchev–Trinajstić information content (AvgIpc) is 2.53. The van der Waals surface area contributed by atoms with Crippen LogP contribution in [0, 0.1) is 0 Å². The lowest BCUT2D eigenvalue weighted by Gasteiger charge is -2.31. The Morgan fingerprint density at radius 3 is 2.65 bits per heavy atom. The zero-order valence-corrected chi connectivity index (χ0v) is 12.0. The molecule has 0 saturated carbocycles. The van der Waals surface area contributed by atoms with Crippen molar-refractivity contribution in [1.82, 2.24) is 15.1 Å². The van der Waals surface area contributed by atoms with E-state index in [9.17, 15) is 4.79 Å². The van der Waals surface area contributed by atoms with E-state index >= 15 is 0 Å². The van der Waals surface area contributed by atoms with Crippen molar-refractivity contribution >= 4 is 5.91 Å². The maximum Gasteiger partial charge on any atom is 0.224 e. The molecular formula is C16H23N3O. The van der Waals surface area contributed by atoms with Gasteiger partial charge in [0, 0.05) is 52.2 Å². The van der Waals surface area contributed by atoms with Crippen LogP contribution in [0.5, 0.6) is 0 Å². The van der Waals surface area contributed by atoms with Crippen molar-refractivity contribution in [3.8, 4) is 0 Å². The number of hydrogen-bond acceptors (Lipinski definition) is 3. The molecule has 0 unspecified atom stereocenters. The molecule has 2 aliphatic heterocycles. The largest absolute Gasteiger partial charge is 0.338 e. The van der Waals surface area contributed by atoms with Crippen molar-refractivity contribution in [3.63, 3.8) is 0 Å². The monoisotopic (exact) mass is 273 g/mol. The molecule has 1 fully saturated rings. The van der Waals surface area contributed by atoms with Crippen molar-refractivity contribution in [2.24, 2.45) is 0 Å². The third-order valence-corrected chi connectivity index (χ3v) is 4.33. The molecule has 0 bridgehead atoms. The van der Waals surface area contributed by atoms with E-state index in [0.717, 1.165) is 52.2 Å². The SMILES string of the molecule is O=C(CCN1CCNCC1)N1CCc2ccccc2C1. The third-order valence-electron chi connectivity index (χ3n) is 4.33. The molecule has 3 rings (SSSR count). The van der Waals surface area contributed by atoms with Crippen LogP contribution in [-0.4, -0.2) is 55.0 Å². The van der Waals surface area contributed by atoms with E-state index in [0.29, 0.717) is 12.3 Å². The lowest BCUT2D eigenvalue weighted by Crippen LogP contribution is -2.45. The number of rotatable bonds is 3. The molecule has 1 saturated heterocycles. The molecule has 1 aromatic carbocycles. The Labute approximate surface area is 120 Å². The van der Waals surface area contributed by atoms with E-state index in [-0.39, 0.29) is 0 Å². The Morgan fingerprint density at radius 2 is 1.85 bits per heavy atom. The second-order valence-corrected chi connectivity index (χ2v) is 5.68. The zero-order chi connectivity index (χ0) is 13.8. The molecular weight excluding hydrogens is 250 g/mol. The number of hydrogen-bond donors (Lipinski definition) is 1. The topological polar surface area (TPSA) is 35.6 Å². The highest BCUT2D eigenvalue weighted by Crippen LogP contribution is 2.19. The van der Waals surface area contributed by atoms with Gasteiger partial charge >= 0.3 is 0 Å². The molecule has 0 aliphatic carbocycles. The molecule has 4 heteroatoms. The van der Waals surface area contributed by atoms with E-state index < -0.39 is 0 Å². The van der Waals surface area contributed by atoms with Crippen molar-refractivity contribution < 1.29 is 4.79 Å². The van der Waals surface area contributed by atoms with Crippen LogP contribution in [-0.2, 0) is 17.8 Å². The number of amides is 1. The maximum absolute atomic E-state index is 12.3. The molecule has 2 heterocycles. The van der Waals surface area contributed by atoms with Crippen LogP contribution in [0.15, 0.2) is 24.3 Å². The lowest BCUT2D eigenvalue weighted by atomic mass is 10.00. The van der Waals surface area contributed by atoms with Crippen LogP contribution in [0.2, 0.25) is 0 Å². The van der Waals surface area contributed by atoms with Gasteiger partial charge in [-0.15, -0.1) is 0 Å². The second-order valence-electron chi connectivity index (χ2n) is 5.68. The molecule has 0 spiro atoms. The predicted octanol–water partition coefficient (Wildman–Crippen LogP) is 0.867. The zero-order valence-electron chi connectivity index (χ0n) is 12.0. The summed E-state index contributed by atoms with van der Waals surface area (Å²) in [4.78, 5) is 16.7. The summed E-state index contributed by atoms with van der Waals surface area (Å²) >= 11 is 0. The van der Waals surface area contributed by atoms with Gasteiger partial charge in [-0.2, -0.15) is 0 Å². The van der Waals surface area contributed by atoms with Crippen molar-refractivity contribution in [2.75, 3.05) is 39.3 Å². The van der Waals surface area contributed by atoms with Crippen molar-refractivity contribution in [3.05, 3.63) is 35.4 Å². The van der Waals surface area contributed by atoms with E-state index in [1.54, 1.807) is 0 Å². The van der Waals surface area contributed by atoms with Gasteiger partial charge in [0.1, 0.15) is 0 Å². The fourth-order valence-electron chi connectivity index (χ4n) is 3.06. The van der Waals surface area contributed by atoms with Gasteiger partial charge in [0.25, 0.3) is 0 Å². The Bertz CT molecular complexity index is 469. The number of nitrogens with one attached hydrogen (secondary N) is 1. The predicted molar refractivity (Wildman–Crippen MR) is 79.5 cm³/mol. The van der Waals surface area contributed by atoms with Crippen LogP contribution in [0.1, 0.15) is 17.5 Å². The number of nitrogens with zero attached hydrogens (tertiary/aromatic N) is 2. The van der Waals surface area contributed by atoms with Gasteiger partial charge in [-0.1, -0.05) is 24.3 Å². The van der Waals surface area contributed by atoms with Crippen LogP contribution >= 0.6 is 0 Å². The Morgan fingerprint density at radius 1 is 1.10 bits per heavy atom. The van der Waals surface area contributed by atoms with Crippen LogP contribution < -0.4 is 5.32 Å². The highest BCUT2D eigenvalue weighted by molar-refractivity contribution is 5.76. The second kappa shape index (κ2) is 6.37. The average molecular weight is 273 g/mol. The molecule has 0 aromatic heterocycles. The molecule has 1 N–H and O–H groups in total. The molecule has 1 amide bonds. The standard InChI is InChI=1S/C16H23N3O/c20-16(6-9-18-11-7-17-8-12-18)19-10-5-14-3-1-2-4-15(14)13-19/h1-4,17H,5-13H2. The first-order chi connectivity index (χ1) is 9.83. The molecule has 20 heavy (non-hydrogen) atoms. The van der Waals surface area contributed by atoms with E-state index in [1.807, 2.05) is 4.90 Å². The lowest BCUT2D eigenvalue weighted by molar-refractivity contribution is -0.132. The van der Waals surface area contributed by atoms with Gasteiger partial charge in [-0.05, 0) is 17.5 Å². The normalized spacial score (nSPS) is 19.7. The van der Waals surface area contributed by atoms with E-state index in [1.165, 1.54) is 11.1 Å². The Hall–Kier alpha value is -1.39. The summed E-state index contributed by atoms with van der Waals surface area (Å²) in [7, 11) is 0. The minimum absolute atomic E-state index is 0.304. The van der Waals surface area contributed by atoms with Crippen LogP contribution in [0.3, 0.4) is 0 Å². The van der Waals surface area contributed by atoms with Gasteiger partial charge in [0.15, 0.2) is 0 Å². The first-order valence-corrected chi connectivity index (χ1v) is 7.60. The first-order valence-electron chi connectivity index (χ1n) is 7.60. The summed E-state index contributed by atoms with van der Waals surface area (Å²) in [5, 5.41) is 3.34. The van der Waals surface area contributed by atoms with Gasteiger partial charge in [0.2, 0.25) is 5.91 Å². The number of carbonyl (C=O) groups is 1. The van der Waals surface area contributed by atoms with Gasteiger partial charge < -0.3 is 15.1 Å². The summed E-state index contributed by atoms with van der Waals surface area (Å²) in [6, 6.07) is 8.47. The summed E-state index contributed by atoms with van der Waals surface area (Å²) in [6.45, 7) is 6.79. The minimum atomic E-state index is 0.304. The minimum Gasteiger partial charge on any atom is -0.338 e. The molecule has 108 valence electrons. The first kappa shape index (κ1) is 13.6. The maximum atomic E-state index is 12.3. The fraction of sp³-hybridized carbons (Fsp3) is 0.562. The summed E-state index contributed by atoms with van der Waals surface area (Å²) in [5.41, 5.74) is 2.72. The van der Waals surface area contributed by atoms with Crippen molar-refractivity contribution in [2.45, 2.75) is 19.4 Å². The Kier molecular flexibility index (Phi) is 4.33. The van der Waals surface area contributed by atoms with Gasteiger partial charge in [-0.25, -0.2) is 0 Å². The number of piperazine rings is 1. The smallest absolute Gasteiger partial charge is 0.224 e. The number of fused-ring (bicyclic) bond motifs is 1. The third kappa shape index (κ3) is 3.19. The number of benzene rings is 1. The summed E-state index contributed by atoms with van der Waals surface area (Å²) in [5.74, 6) is 0.304. The highest BCUT2D eigenvalue weighted by Gasteiger charge is 2.20. The fourth-order valence-corrected chi connectivity index (χ4v) is 3.06. The van der Waals surface area contributed by atoms with E-state index in [4.69, 9.17) is 0 Å². The molecule has 0 atom stereocenters. The molecule has 4 nitrogen and oxygen atoms in total. The molecule has 2 aliphatic rings. The quantitative estimate of drug-likeness (QED) is 0.887. The van der Waals surface area contributed by atoms with Gasteiger partial charge in [0.05, 0.1) is 0 Å². The van der Waals surface area contributed by atoms with Crippen molar-refractivity contribution in [1.29, 1.82) is 0 Å². The highest BCUT2D eigenvalue weighted by atomic mass is 16.2. The Balaban J connectivity index is 1.51. The molecule has 1 aromatic rings. The summed E-state index contributed by atoms with van der Waals surface area (Å²) < 4.78 is 0. The molecule has 0 radical (unpaired) electrons. The van der Waals surface area contributed by atoms with Crippen LogP contribution in [0.4, 0.5) is 0 Å². The van der Waals surface area contributed by atoms with E-state index in [2.05, 4.69) is 34.5 Å².